The number of halogens is 1. The zero-order valence-corrected chi connectivity index (χ0v) is 9.71. The number of carboxylic acids is 1. The Morgan fingerprint density at radius 3 is 2.67 bits per heavy atom. The van der Waals surface area contributed by atoms with E-state index in [9.17, 15) is 9.18 Å². The maximum atomic E-state index is 12.8. The smallest absolute Gasteiger partial charge is 0.303 e. The molecule has 0 amide bonds. The highest BCUT2D eigenvalue weighted by Gasteiger charge is 2.03. The molecule has 0 unspecified atom stereocenters. The zero-order chi connectivity index (χ0) is 13.0. The van der Waals surface area contributed by atoms with Gasteiger partial charge in [-0.25, -0.2) is 4.39 Å². The van der Waals surface area contributed by atoms with E-state index in [0.717, 1.165) is 11.1 Å². The minimum Gasteiger partial charge on any atom is -0.481 e. The predicted molar refractivity (Wildman–Crippen MR) is 64.5 cm³/mol. The number of hydrogen-bond acceptors (Lipinski definition) is 2. The van der Waals surface area contributed by atoms with Gasteiger partial charge in [-0.05, 0) is 24.1 Å². The highest BCUT2D eigenvalue weighted by Crippen LogP contribution is 2.18. The van der Waals surface area contributed by atoms with E-state index in [2.05, 4.69) is 5.10 Å². The van der Waals surface area contributed by atoms with E-state index >= 15 is 0 Å². The molecule has 18 heavy (non-hydrogen) atoms. The van der Waals surface area contributed by atoms with Crippen LogP contribution < -0.4 is 0 Å². The van der Waals surface area contributed by atoms with E-state index in [0.29, 0.717) is 13.0 Å². The lowest BCUT2D eigenvalue weighted by Crippen LogP contribution is -2.01. The summed E-state index contributed by atoms with van der Waals surface area (Å²) in [4.78, 5) is 10.4. The summed E-state index contributed by atoms with van der Waals surface area (Å²) in [6.07, 6.45) is 4.19. The molecular formula is C13H13FN2O2. The summed E-state index contributed by atoms with van der Waals surface area (Å²) >= 11 is 0. The molecule has 2 aromatic rings. The molecule has 0 aliphatic heterocycles. The molecule has 4 nitrogen and oxygen atoms in total. The molecule has 1 aromatic carbocycles. The maximum absolute atomic E-state index is 12.8. The first-order valence-electron chi connectivity index (χ1n) is 5.65. The molecule has 1 heterocycles. The SMILES string of the molecule is O=C(O)CCCn1cc(-c2ccc(F)cc2)cn1. The highest BCUT2D eigenvalue weighted by atomic mass is 19.1. The van der Waals surface area contributed by atoms with E-state index in [1.54, 1.807) is 23.0 Å². The van der Waals surface area contributed by atoms with Crippen molar-refractivity contribution in [1.82, 2.24) is 9.78 Å². The molecule has 1 N–H and O–H groups in total. The fourth-order valence-corrected chi connectivity index (χ4v) is 1.67. The number of rotatable bonds is 5. The number of aryl methyl sites for hydroxylation is 1. The number of hydrogen-bond donors (Lipinski definition) is 1. The van der Waals surface area contributed by atoms with Crippen LogP contribution in [0.5, 0.6) is 0 Å². The van der Waals surface area contributed by atoms with Crippen LogP contribution in [0.1, 0.15) is 12.8 Å². The van der Waals surface area contributed by atoms with E-state index in [4.69, 9.17) is 5.11 Å². The van der Waals surface area contributed by atoms with Crippen LogP contribution in [0.15, 0.2) is 36.7 Å². The van der Waals surface area contributed by atoms with Crippen molar-refractivity contribution in [2.45, 2.75) is 19.4 Å². The molecule has 94 valence electrons. The fourth-order valence-electron chi connectivity index (χ4n) is 1.67. The predicted octanol–water partition coefficient (Wildman–Crippen LogP) is 2.55. The van der Waals surface area contributed by atoms with Gasteiger partial charge in [0.2, 0.25) is 0 Å². The standard InChI is InChI=1S/C13H13FN2O2/c14-12-5-3-10(4-6-12)11-8-15-16(9-11)7-1-2-13(17)18/h3-6,8-9H,1-2,7H2,(H,17,18). The summed E-state index contributed by atoms with van der Waals surface area (Å²) in [6, 6.07) is 6.18. The maximum Gasteiger partial charge on any atom is 0.303 e. The summed E-state index contributed by atoms with van der Waals surface area (Å²) in [5.74, 6) is -1.08. The Morgan fingerprint density at radius 1 is 1.28 bits per heavy atom. The number of aromatic nitrogens is 2. The van der Waals surface area contributed by atoms with E-state index in [1.807, 2.05) is 6.20 Å². The van der Waals surface area contributed by atoms with Crippen LogP contribution in [0.3, 0.4) is 0 Å². The van der Waals surface area contributed by atoms with Gasteiger partial charge in [-0.2, -0.15) is 5.10 Å². The van der Waals surface area contributed by atoms with Crippen LogP contribution >= 0.6 is 0 Å². The second kappa shape index (κ2) is 5.44. The normalized spacial score (nSPS) is 10.5. The van der Waals surface area contributed by atoms with Crippen molar-refractivity contribution in [2.75, 3.05) is 0 Å². The van der Waals surface area contributed by atoms with Crippen molar-refractivity contribution >= 4 is 5.97 Å². The molecule has 0 bridgehead atoms. The molecule has 0 saturated carbocycles. The van der Waals surface area contributed by atoms with Crippen LogP contribution in [0.4, 0.5) is 4.39 Å². The average Bonchev–Trinajstić information content (AvgIpc) is 2.78. The Bertz CT molecular complexity index is 534. The third kappa shape index (κ3) is 3.16. The fraction of sp³-hybridized carbons (Fsp3) is 0.231. The minimum absolute atomic E-state index is 0.131. The molecule has 1 aromatic heterocycles. The molecule has 0 aliphatic rings. The van der Waals surface area contributed by atoms with Gasteiger partial charge in [0, 0.05) is 24.7 Å². The van der Waals surface area contributed by atoms with Crippen LogP contribution in [-0.4, -0.2) is 20.9 Å². The second-order valence-electron chi connectivity index (χ2n) is 4.00. The van der Waals surface area contributed by atoms with E-state index < -0.39 is 5.97 Å². The topological polar surface area (TPSA) is 55.1 Å². The Labute approximate surface area is 104 Å². The Kier molecular flexibility index (Phi) is 3.72. The third-order valence-corrected chi connectivity index (χ3v) is 2.59. The lowest BCUT2D eigenvalue weighted by molar-refractivity contribution is -0.137. The minimum atomic E-state index is -0.805. The van der Waals surface area contributed by atoms with E-state index in [-0.39, 0.29) is 12.2 Å². The summed E-state index contributed by atoms with van der Waals surface area (Å²) < 4.78 is 14.5. The summed E-state index contributed by atoms with van der Waals surface area (Å²) in [6.45, 7) is 0.563. The Hall–Kier alpha value is -2.17. The van der Waals surface area contributed by atoms with Gasteiger partial charge < -0.3 is 5.11 Å². The summed E-state index contributed by atoms with van der Waals surface area (Å²) in [5, 5.41) is 12.7. The molecule has 0 radical (unpaired) electrons. The van der Waals surface area contributed by atoms with Crippen molar-refractivity contribution in [3.05, 3.63) is 42.5 Å². The molecule has 5 heteroatoms. The van der Waals surface area contributed by atoms with Crippen molar-refractivity contribution in [1.29, 1.82) is 0 Å². The molecule has 0 aliphatic carbocycles. The van der Waals surface area contributed by atoms with Gasteiger partial charge in [-0.15, -0.1) is 0 Å². The van der Waals surface area contributed by atoms with Gasteiger partial charge in [0.05, 0.1) is 6.20 Å². The largest absolute Gasteiger partial charge is 0.481 e. The quantitative estimate of drug-likeness (QED) is 0.884. The van der Waals surface area contributed by atoms with Crippen LogP contribution in [0.2, 0.25) is 0 Å². The second-order valence-corrected chi connectivity index (χ2v) is 4.00. The van der Waals surface area contributed by atoms with Crippen LogP contribution in [0.25, 0.3) is 11.1 Å². The van der Waals surface area contributed by atoms with Crippen molar-refractivity contribution in [3.8, 4) is 11.1 Å². The lowest BCUT2D eigenvalue weighted by Gasteiger charge is -1.99. The first-order valence-corrected chi connectivity index (χ1v) is 5.65. The monoisotopic (exact) mass is 248 g/mol. The number of benzene rings is 1. The van der Waals surface area contributed by atoms with Gasteiger partial charge in [-0.3, -0.25) is 9.48 Å². The number of carbonyl (C=O) groups is 1. The molecule has 2 rings (SSSR count). The molecule has 0 spiro atoms. The van der Waals surface area contributed by atoms with Gasteiger partial charge in [0.15, 0.2) is 0 Å². The molecule has 0 atom stereocenters. The van der Waals surface area contributed by atoms with Gasteiger partial charge in [-0.1, -0.05) is 12.1 Å². The van der Waals surface area contributed by atoms with Crippen molar-refractivity contribution < 1.29 is 14.3 Å². The Balaban J connectivity index is 2.01. The van der Waals surface area contributed by atoms with Crippen molar-refractivity contribution in [2.24, 2.45) is 0 Å². The Morgan fingerprint density at radius 2 is 2.00 bits per heavy atom. The first-order chi connectivity index (χ1) is 8.65. The number of aliphatic carboxylic acids is 1. The van der Waals surface area contributed by atoms with Crippen molar-refractivity contribution in [3.63, 3.8) is 0 Å². The summed E-state index contributed by atoms with van der Waals surface area (Å²) in [5.41, 5.74) is 1.78. The first kappa shape index (κ1) is 12.3. The molecular weight excluding hydrogens is 235 g/mol. The van der Waals surface area contributed by atoms with Crippen LogP contribution in [0, 0.1) is 5.82 Å². The van der Waals surface area contributed by atoms with Gasteiger partial charge >= 0.3 is 5.97 Å². The highest BCUT2D eigenvalue weighted by molar-refractivity contribution is 5.66. The van der Waals surface area contributed by atoms with E-state index in [1.165, 1.54) is 12.1 Å². The lowest BCUT2D eigenvalue weighted by atomic mass is 10.1. The summed E-state index contributed by atoms with van der Waals surface area (Å²) in [7, 11) is 0. The van der Waals surface area contributed by atoms with Crippen LogP contribution in [-0.2, 0) is 11.3 Å². The van der Waals surface area contributed by atoms with Gasteiger partial charge in [0.1, 0.15) is 5.82 Å². The number of carboxylic acid groups (broad SMARTS) is 1. The number of nitrogens with zero attached hydrogens (tertiary/aromatic N) is 2. The molecule has 0 saturated heterocycles. The average molecular weight is 248 g/mol. The third-order valence-electron chi connectivity index (χ3n) is 2.59. The molecule has 0 fully saturated rings. The van der Waals surface area contributed by atoms with Gasteiger partial charge in [0.25, 0.3) is 0 Å². The zero-order valence-electron chi connectivity index (χ0n) is 9.71.